The molecule has 0 spiro atoms. The third-order valence-corrected chi connectivity index (χ3v) is 2.62. The number of rotatable bonds is 1. The molecule has 2 rings (SSSR count). The summed E-state index contributed by atoms with van der Waals surface area (Å²) in [5, 5.41) is 8.83. The van der Waals surface area contributed by atoms with Gasteiger partial charge in [0.05, 0.1) is 5.69 Å². The molecule has 0 atom stereocenters. The topological polar surface area (TPSA) is 49.6 Å². The summed E-state index contributed by atoms with van der Waals surface area (Å²) in [7, 11) is 0. The minimum Gasteiger partial charge on any atom is -0.233 e. The van der Waals surface area contributed by atoms with E-state index >= 15 is 0 Å². The lowest BCUT2D eigenvalue weighted by molar-refractivity contribution is 1.04. The lowest BCUT2D eigenvalue weighted by Gasteiger charge is -2.02. The number of benzene rings is 1. The molecule has 0 aliphatic heterocycles. The summed E-state index contributed by atoms with van der Waals surface area (Å²) < 4.78 is 1.02. The van der Waals surface area contributed by atoms with E-state index in [0.29, 0.717) is 11.5 Å². The van der Waals surface area contributed by atoms with Gasteiger partial charge in [0.25, 0.3) is 0 Å². The average molecular weight is 274 g/mol. The molecule has 16 heavy (non-hydrogen) atoms. The number of hydrogen-bond donors (Lipinski definition) is 0. The van der Waals surface area contributed by atoms with Crippen molar-refractivity contribution in [2.45, 2.75) is 6.92 Å². The second-order valence-electron chi connectivity index (χ2n) is 3.30. The van der Waals surface area contributed by atoms with Gasteiger partial charge in [-0.15, -0.1) is 0 Å². The highest BCUT2D eigenvalue weighted by atomic mass is 79.9. The van der Waals surface area contributed by atoms with Crippen molar-refractivity contribution in [1.29, 1.82) is 5.26 Å². The van der Waals surface area contributed by atoms with Crippen molar-refractivity contribution in [3.63, 3.8) is 0 Å². The maximum atomic E-state index is 8.83. The van der Waals surface area contributed by atoms with Gasteiger partial charge in [-0.3, -0.25) is 0 Å². The molecule has 1 aromatic carbocycles. The first kappa shape index (κ1) is 10.8. The van der Waals surface area contributed by atoms with Crippen LogP contribution in [0.5, 0.6) is 0 Å². The zero-order valence-electron chi connectivity index (χ0n) is 8.61. The summed E-state index contributed by atoms with van der Waals surface area (Å²) in [6, 6.07) is 11.5. The summed E-state index contributed by atoms with van der Waals surface area (Å²) in [6.45, 7) is 1.78. The second-order valence-corrected chi connectivity index (χ2v) is 4.22. The van der Waals surface area contributed by atoms with Gasteiger partial charge in [-0.25, -0.2) is 9.97 Å². The van der Waals surface area contributed by atoms with Crippen LogP contribution >= 0.6 is 15.9 Å². The Morgan fingerprint density at radius 1 is 1.19 bits per heavy atom. The Morgan fingerprint density at radius 2 is 1.88 bits per heavy atom. The summed E-state index contributed by atoms with van der Waals surface area (Å²) >= 11 is 3.38. The predicted octanol–water partition coefficient (Wildman–Crippen LogP) is 3.09. The molecule has 0 saturated carbocycles. The van der Waals surface area contributed by atoms with Crippen molar-refractivity contribution in [2.75, 3.05) is 0 Å². The Hall–Kier alpha value is -1.73. The van der Waals surface area contributed by atoms with E-state index < -0.39 is 0 Å². The molecule has 0 bridgehead atoms. The predicted molar refractivity (Wildman–Crippen MR) is 64.6 cm³/mol. The SMILES string of the molecule is Cc1nc(C#N)cc(-c2ccc(Br)cc2)n1. The van der Waals surface area contributed by atoms with Gasteiger partial charge in [-0.2, -0.15) is 5.26 Å². The highest BCUT2D eigenvalue weighted by Gasteiger charge is 2.03. The molecule has 78 valence electrons. The van der Waals surface area contributed by atoms with Crippen molar-refractivity contribution in [3.05, 3.63) is 46.3 Å². The van der Waals surface area contributed by atoms with Crippen LogP contribution in [-0.4, -0.2) is 9.97 Å². The second kappa shape index (κ2) is 4.42. The van der Waals surface area contributed by atoms with Gasteiger partial charge in [0.2, 0.25) is 0 Å². The zero-order valence-corrected chi connectivity index (χ0v) is 10.2. The van der Waals surface area contributed by atoms with Crippen LogP contribution in [0.4, 0.5) is 0 Å². The number of nitrogens with zero attached hydrogens (tertiary/aromatic N) is 3. The van der Waals surface area contributed by atoms with Crippen LogP contribution < -0.4 is 0 Å². The van der Waals surface area contributed by atoms with E-state index in [0.717, 1.165) is 15.7 Å². The maximum absolute atomic E-state index is 8.83. The smallest absolute Gasteiger partial charge is 0.144 e. The molecule has 2 aromatic rings. The Kier molecular flexibility index (Phi) is 2.97. The first-order valence-electron chi connectivity index (χ1n) is 4.71. The van der Waals surface area contributed by atoms with Crippen molar-refractivity contribution >= 4 is 15.9 Å². The standard InChI is InChI=1S/C12H8BrN3/c1-8-15-11(7-14)6-12(16-8)9-2-4-10(13)5-3-9/h2-6H,1H3. The first-order valence-corrected chi connectivity index (χ1v) is 5.50. The molecule has 0 N–H and O–H groups in total. The molecule has 0 amide bonds. The minimum absolute atomic E-state index is 0.394. The number of hydrogen-bond acceptors (Lipinski definition) is 3. The number of aromatic nitrogens is 2. The van der Waals surface area contributed by atoms with E-state index in [4.69, 9.17) is 5.26 Å². The van der Waals surface area contributed by atoms with Crippen LogP contribution in [0.2, 0.25) is 0 Å². The van der Waals surface area contributed by atoms with Crippen LogP contribution in [0.15, 0.2) is 34.8 Å². The number of aryl methyl sites for hydroxylation is 1. The van der Waals surface area contributed by atoms with Gasteiger partial charge < -0.3 is 0 Å². The van der Waals surface area contributed by atoms with Gasteiger partial charge in [-0.1, -0.05) is 28.1 Å². The zero-order chi connectivity index (χ0) is 11.5. The fourth-order valence-electron chi connectivity index (χ4n) is 1.39. The Bertz CT molecular complexity index is 555. The molecule has 4 heteroatoms. The highest BCUT2D eigenvalue weighted by molar-refractivity contribution is 9.10. The molecular weight excluding hydrogens is 266 g/mol. The minimum atomic E-state index is 0.394. The quantitative estimate of drug-likeness (QED) is 0.802. The van der Waals surface area contributed by atoms with Gasteiger partial charge >= 0.3 is 0 Å². The molecule has 3 nitrogen and oxygen atoms in total. The number of halogens is 1. The third-order valence-electron chi connectivity index (χ3n) is 2.09. The van der Waals surface area contributed by atoms with E-state index in [1.165, 1.54) is 0 Å². The van der Waals surface area contributed by atoms with E-state index in [9.17, 15) is 0 Å². The summed E-state index contributed by atoms with van der Waals surface area (Å²) in [6.07, 6.45) is 0. The van der Waals surface area contributed by atoms with Gasteiger partial charge in [0, 0.05) is 16.1 Å². The van der Waals surface area contributed by atoms with Crippen LogP contribution in [0, 0.1) is 18.3 Å². The lowest BCUT2D eigenvalue weighted by atomic mass is 10.1. The monoisotopic (exact) mass is 273 g/mol. The van der Waals surface area contributed by atoms with Crippen LogP contribution in [0.3, 0.4) is 0 Å². The van der Waals surface area contributed by atoms with Crippen molar-refractivity contribution in [3.8, 4) is 17.3 Å². The van der Waals surface area contributed by atoms with Crippen molar-refractivity contribution in [1.82, 2.24) is 9.97 Å². The van der Waals surface area contributed by atoms with Crippen molar-refractivity contribution < 1.29 is 0 Å². The van der Waals surface area contributed by atoms with Gasteiger partial charge in [-0.05, 0) is 19.1 Å². The lowest BCUT2D eigenvalue weighted by Crippen LogP contribution is -1.94. The molecule has 0 unspecified atom stereocenters. The number of nitriles is 1. The molecule has 0 radical (unpaired) electrons. The summed E-state index contributed by atoms with van der Waals surface area (Å²) in [4.78, 5) is 8.32. The third kappa shape index (κ3) is 2.26. The molecular formula is C12H8BrN3. The van der Waals surface area contributed by atoms with E-state index in [-0.39, 0.29) is 0 Å². The molecule has 1 aromatic heterocycles. The van der Waals surface area contributed by atoms with Gasteiger partial charge in [0.1, 0.15) is 17.6 Å². The molecule has 0 aliphatic carbocycles. The molecule has 0 aliphatic rings. The van der Waals surface area contributed by atoms with Crippen LogP contribution in [-0.2, 0) is 0 Å². The fraction of sp³-hybridized carbons (Fsp3) is 0.0833. The van der Waals surface area contributed by atoms with E-state index in [2.05, 4.69) is 25.9 Å². The average Bonchev–Trinajstić information content (AvgIpc) is 2.29. The molecule has 0 fully saturated rings. The highest BCUT2D eigenvalue weighted by Crippen LogP contribution is 2.20. The summed E-state index contributed by atoms with van der Waals surface area (Å²) in [5.74, 6) is 0.608. The Balaban J connectivity index is 2.52. The Labute approximate surface area is 102 Å². The normalized spacial score (nSPS) is 9.81. The van der Waals surface area contributed by atoms with E-state index in [1.807, 2.05) is 30.3 Å². The van der Waals surface area contributed by atoms with Crippen LogP contribution in [0.25, 0.3) is 11.3 Å². The maximum Gasteiger partial charge on any atom is 0.144 e. The van der Waals surface area contributed by atoms with Gasteiger partial charge in [0.15, 0.2) is 0 Å². The van der Waals surface area contributed by atoms with Crippen LogP contribution in [0.1, 0.15) is 11.5 Å². The fourth-order valence-corrected chi connectivity index (χ4v) is 1.66. The molecule has 1 heterocycles. The van der Waals surface area contributed by atoms with E-state index in [1.54, 1.807) is 13.0 Å². The summed E-state index contributed by atoms with van der Waals surface area (Å²) in [5.41, 5.74) is 2.15. The first-order chi connectivity index (χ1) is 7.69. The molecule has 0 saturated heterocycles. The largest absolute Gasteiger partial charge is 0.233 e. The van der Waals surface area contributed by atoms with Crippen molar-refractivity contribution in [2.24, 2.45) is 0 Å². The Morgan fingerprint density at radius 3 is 2.50 bits per heavy atom.